The van der Waals surface area contributed by atoms with E-state index >= 15 is 0 Å². The second kappa shape index (κ2) is 4.92. The van der Waals surface area contributed by atoms with Gasteiger partial charge in [-0.1, -0.05) is 6.58 Å². The van der Waals surface area contributed by atoms with Gasteiger partial charge in [0, 0.05) is 31.2 Å². The molecule has 0 saturated carbocycles. The Bertz CT molecular complexity index is 1050. The lowest BCUT2D eigenvalue weighted by Gasteiger charge is -2.31. The smallest absolute Gasteiger partial charge is 0.262 e. The number of benzene rings is 1. The number of likely N-dealkylation sites (N-methyl/N-ethyl adjacent to an activating group) is 1. The summed E-state index contributed by atoms with van der Waals surface area (Å²) in [6.45, 7) is 4.43. The number of imidazole rings is 1. The van der Waals surface area contributed by atoms with Crippen LogP contribution in [0.25, 0.3) is 11.5 Å². The molecule has 3 aromatic rings. The van der Waals surface area contributed by atoms with Crippen LogP contribution in [0, 0.1) is 11.8 Å². The van der Waals surface area contributed by atoms with Crippen LogP contribution in [0.15, 0.2) is 47.7 Å². The summed E-state index contributed by atoms with van der Waals surface area (Å²) in [7, 11) is 1.81. The van der Waals surface area contributed by atoms with E-state index in [0.29, 0.717) is 17.9 Å². The zero-order valence-electron chi connectivity index (χ0n) is 12.8. The van der Waals surface area contributed by atoms with Crippen molar-refractivity contribution in [3.8, 4) is 5.69 Å². The van der Waals surface area contributed by atoms with Gasteiger partial charge in [-0.05, 0) is 6.07 Å². The first-order chi connectivity index (χ1) is 11.5. The molecule has 0 atom stereocenters. The number of nitrogens with one attached hydrogen (secondary N) is 1. The van der Waals surface area contributed by atoms with E-state index in [-0.39, 0.29) is 11.5 Å². The molecule has 0 unspecified atom stereocenters. The van der Waals surface area contributed by atoms with E-state index < -0.39 is 17.3 Å². The third kappa shape index (κ3) is 1.92. The van der Waals surface area contributed by atoms with Crippen molar-refractivity contribution in [1.29, 1.82) is 0 Å². The minimum absolute atomic E-state index is 0.00157. The predicted octanol–water partition coefficient (Wildman–Crippen LogP) is 2.14. The van der Waals surface area contributed by atoms with E-state index in [0.717, 1.165) is 20.7 Å². The van der Waals surface area contributed by atoms with Crippen LogP contribution in [0.4, 0.5) is 20.2 Å². The molecule has 0 radical (unpaired) electrons. The first-order valence-electron chi connectivity index (χ1n) is 7.21. The summed E-state index contributed by atoms with van der Waals surface area (Å²) < 4.78 is 30.6. The minimum Gasteiger partial charge on any atom is -0.378 e. The molecular weight excluding hydrogens is 316 g/mol. The van der Waals surface area contributed by atoms with E-state index in [1.54, 1.807) is 0 Å². The number of hydrogen-bond donors (Lipinski definition) is 1. The van der Waals surface area contributed by atoms with Crippen molar-refractivity contribution in [2.24, 2.45) is 0 Å². The van der Waals surface area contributed by atoms with Gasteiger partial charge in [-0.2, -0.15) is 4.39 Å². The van der Waals surface area contributed by atoms with E-state index in [4.69, 9.17) is 0 Å². The van der Waals surface area contributed by atoms with Crippen molar-refractivity contribution in [2.75, 3.05) is 23.8 Å². The molecule has 0 aliphatic carbocycles. The van der Waals surface area contributed by atoms with Crippen LogP contribution < -0.4 is 15.8 Å². The van der Waals surface area contributed by atoms with Gasteiger partial charge in [-0.25, -0.2) is 13.9 Å². The summed E-state index contributed by atoms with van der Waals surface area (Å²) in [5.41, 5.74) is 1.37. The molecule has 0 fully saturated rings. The number of hydrogen-bond acceptors (Lipinski definition) is 4. The van der Waals surface area contributed by atoms with Gasteiger partial charge in [-0.15, -0.1) is 0 Å². The Labute approximate surface area is 135 Å². The van der Waals surface area contributed by atoms with Crippen LogP contribution in [-0.2, 0) is 0 Å². The molecule has 8 heteroatoms. The highest BCUT2D eigenvalue weighted by Gasteiger charge is 2.22. The van der Waals surface area contributed by atoms with Crippen molar-refractivity contribution in [3.63, 3.8) is 0 Å². The molecule has 1 aromatic carbocycles. The Morgan fingerprint density at radius 1 is 1.25 bits per heavy atom. The van der Waals surface area contributed by atoms with Crippen LogP contribution >= 0.6 is 0 Å². The Morgan fingerprint density at radius 2 is 2.04 bits per heavy atom. The van der Waals surface area contributed by atoms with Crippen molar-refractivity contribution in [2.45, 2.75) is 0 Å². The Hall–Kier alpha value is -3.16. The number of nitrogens with zero attached hydrogens (tertiary/aromatic N) is 4. The van der Waals surface area contributed by atoms with Gasteiger partial charge in [0.2, 0.25) is 11.7 Å². The normalized spacial score (nSPS) is 14.0. The van der Waals surface area contributed by atoms with E-state index in [2.05, 4.69) is 16.9 Å². The van der Waals surface area contributed by atoms with Gasteiger partial charge >= 0.3 is 0 Å². The maximum Gasteiger partial charge on any atom is 0.262 e. The van der Waals surface area contributed by atoms with Crippen molar-refractivity contribution >= 4 is 17.2 Å². The highest BCUT2D eigenvalue weighted by Crippen LogP contribution is 2.34. The molecule has 24 heavy (non-hydrogen) atoms. The fraction of sp³-hybridized carbons (Fsp3) is 0.125. The van der Waals surface area contributed by atoms with E-state index in [1.807, 2.05) is 11.9 Å². The lowest BCUT2D eigenvalue weighted by molar-refractivity contribution is 0.555. The standard InChI is InChI=1S/C16H13F2N5O/c1-9-8-20-11-5-10(17)12(6-13(11)21(9)2)23-15(24)7-14(18)22-4-3-19-16(22)23/h3-7,20H,1,8H2,2H3. The lowest BCUT2D eigenvalue weighted by atomic mass is 10.1. The summed E-state index contributed by atoms with van der Waals surface area (Å²) in [5.74, 6) is -1.36. The molecule has 6 nitrogen and oxygen atoms in total. The molecule has 4 rings (SSSR count). The van der Waals surface area contributed by atoms with Gasteiger partial charge in [0.25, 0.3) is 5.56 Å². The summed E-state index contributed by atoms with van der Waals surface area (Å²) in [6, 6.07) is 3.63. The number of halogens is 2. The fourth-order valence-electron chi connectivity index (χ4n) is 2.82. The summed E-state index contributed by atoms with van der Waals surface area (Å²) in [5, 5.41) is 3.07. The molecule has 1 aliphatic rings. The van der Waals surface area contributed by atoms with Crippen LogP contribution in [-0.4, -0.2) is 27.5 Å². The topological polar surface area (TPSA) is 54.6 Å². The molecule has 1 N–H and O–H groups in total. The second-order valence-corrected chi connectivity index (χ2v) is 5.54. The van der Waals surface area contributed by atoms with Crippen LogP contribution in [0.3, 0.4) is 0 Å². The maximum absolute atomic E-state index is 14.6. The molecule has 122 valence electrons. The van der Waals surface area contributed by atoms with Gasteiger partial charge < -0.3 is 10.2 Å². The summed E-state index contributed by atoms with van der Waals surface area (Å²) in [6.07, 6.45) is 2.71. The fourth-order valence-corrected chi connectivity index (χ4v) is 2.82. The average molecular weight is 329 g/mol. The molecule has 0 spiro atoms. The highest BCUT2D eigenvalue weighted by molar-refractivity contribution is 5.78. The zero-order chi connectivity index (χ0) is 17.0. The number of anilines is 2. The molecule has 0 amide bonds. The molecule has 2 aromatic heterocycles. The molecule has 0 saturated heterocycles. The van der Waals surface area contributed by atoms with Crippen molar-refractivity contribution in [1.82, 2.24) is 14.0 Å². The summed E-state index contributed by atoms with van der Waals surface area (Å²) >= 11 is 0. The molecular formula is C16H13F2N5O. The molecule has 3 heterocycles. The lowest BCUT2D eigenvalue weighted by Crippen LogP contribution is -2.29. The van der Waals surface area contributed by atoms with E-state index in [9.17, 15) is 13.6 Å². The number of fused-ring (bicyclic) bond motifs is 2. The third-order valence-electron chi connectivity index (χ3n) is 4.14. The Kier molecular flexibility index (Phi) is 2.96. The summed E-state index contributed by atoms with van der Waals surface area (Å²) in [4.78, 5) is 18.1. The second-order valence-electron chi connectivity index (χ2n) is 5.54. The van der Waals surface area contributed by atoms with Crippen molar-refractivity contribution < 1.29 is 8.78 Å². The molecule has 0 bridgehead atoms. The van der Waals surface area contributed by atoms with Gasteiger partial charge in [0.05, 0.1) is 29.7 Å². The van der Waals surface area contributed by atoms with Crippen LogP contribution in [0.2, 0.25) is 0 Å². The van der Waals surface area contributed by atoms with E-state index in [1.165, 1.54) is 24.5 Å². The monoisotopic (exact) mass is 329 g/mol. The predicted molar refractivity (Wildman–Crippen MR) is 86.7 cm³/mol. The van der Waals surface area contributed by atoms with Gasteiger partial charge in [-0.3, -0.25) is 9.20 Å². The SMILES string of the molecule is C=C1CNc2cc(F)c(-n3c(=O)cc(F)n4ccnc34)cc2N1C. The molecule has 1 aliphatic heterocycles. The minimum atomic E-state index is -0.755. The third-order valence-corrected chi connectivity index (χ3v) is 4.14. The van der Waals surface area contributed by atoms with Crippen LogP contribution in [0.5, 0.6) is 0 Å². The van der Waals surface area contributed by atoms with Crippen molar-refractivity contribution in [3.05, 3.63) is 65.0 Å². The maximum atomic E-state index is 14.6. The Morgan fingerprint density at radius 3 is 2.83 bits per heavy atom. The quantitative estimate of drug-likeness (QED) is 0.695. The largest absolute Gasteiger partial charge is 0.378 e. The zero-order valence-corrected chi connectivity index (χ0v) is 12.8. The van der Waals surface area contributed by atoms with Crippen LogP contribution in [0.1, 0.15) is 0 Å². The first-order valence-corrected chi connectivity index (χ1v) is 7.21. The van der Waals surface area contributed by atoms with Gasteiger partial charge in [0.15, 0.2) is 0 Å². The first kappa shape index (κ1) is 14.4. The average Bonchev–Trinajstić information content (AvgIpc) is 3.02. The number of aromatic nitrogens is 3. The highest BCUT2D eigenvalue weighted by atomic mass is 19.1. The van der Waals surface area contributed by atoms with Gasteiger partial charge in [0.1, 0.15) is 5.82 Å². The number of rotatable bonds is 1. The Balaban J connectivity index is 2.04.